The molecule has 1 aliphatic rings. The third-order valence-electron chi connectivity index (χ3n) is 4.96. The Bertz CT molecular complexity index is 951. The topological polar surface area (TPSA) is 59.0 Å². The highest BCUT2D eigenvalue weighted by Crippen LogP contribution is 2.27. The van der Waals surface area contributed by atoms with Gasteiger partial charge in [0.25, 0.3) is 5.91 Å². The van der Waals surface area contributed by atoms with Crippen molar-refractivity contribution < 1.29 is 9.18 Å². The summed E-state index contributed by atoms with van der Waals surface area (Å²) in [5, 5.41) is 10.8. The van der Waals surface area contributed by atoms with Crippen molar-refractivity contribution in [1.29, 1.82) is 0 Å². The van der Waals surface area contributed by atoms with E-state index in [0.29, 0.717) is 12.2 Å². The lowest BCUT2D eigenvalue weighted by Gasteiger charge is -2.07. The van der Waals surface area contributed by atoms with Crippen LogP contribution in [0.5, 0.6) is 0 Å². The van der Waals surface area contributed by atoms with Crippen LogP contribution >= 0.6 is 0 Å². The van der Waals surface area contributed by atoms with Gasteiger partial charge < -0.3 is 10.6 Å². The van der Waals surface area contributed by atoms with Gasteiger partial charge in [0.1, 0.15) is 5.82 Å². The van der Waals surface area contributed by atoms with E-state index in [2.05, 4.69) is 15.7 Å². The summed E-state index contributed by atoms with van der Waals surface area (Å²) in [6, 6.07) is 16.2. The third-order valence-corrected chi connectivity index (χ3v) is 4.96. The molecule has 1 heterocycles. The Kier molecular flexibility index (Phi) is 5.37. The van der Waals surface area contributed by atoms with Gasteiger partial charge in [-0.25, -0.2) is 9.07 Å². The third kappa shape index (κ3) is 3.91. The summed E-state index contributed by atoms with van der Waals surface area (Å²) in [7, 11) is 0. The van der Waals surface area contributed by atoms with Gasteiger partial charge in [0.2, 0.25) is 0 Å². The number of amides is 1. The van der Waals surface area contributed by atoms with Crippen LogP contribution in [0.3, 0.4) is 0 Å². The first-order valence-electron chi connectivity index (χ1n) is 9.66. The minimum atomic E-state index is -0.283. The number of para-hydroxylation sites is 1. The molecule has 2 aromatic carbocycles. The number of aromatic nitrogens is 2. The van der Waals surface area contributed by atoms with Crippen LogP contribution in [0.15, 0.2) is 54.6 Å². The first kappa shape index (κ1) is 18.2. The monoisotopic (exact) mass is 378 g/mol. The molecule has 1 amide bonds. The van der Waals surface area contributed by atoms with E-state index in [1.54, 1.807) is 16.8 Å². The van der Waals surface area contributed by atoms with Crippen molar-refractivity contribution in [3.05, 3.63) is 77.4 Å². The number of benzene rings is 2. The predicted octanol–water partition coefficient (Wildman–Crippen LogP) is 3.73. The van der Waals surface area contributed by atoms with Crippen molar-refractivity contribution >= 4 is 11.6 Å². The maximum absolute atomic E-state index is 13.2. The quantitative estimate of drug-likeness (QED) is 0.616. The Morgan fingerprint density at radius 1 is 1.04 bits per heavy atom. The van der Waals surface area contributed by atoms with Gasteiger partial charge >= 0.3 is 0 Å². The van der Waals surface area contributed by atoms with E-state index in [0.717, 1.165) is 54.9 Å². The first-order valence-corrected chi connectivity index (χ1v) is 9.66. The van der Waals surface area contributed by atoms with Gasteiger partial charge in [0.15, 0.2) is 5.69 Å². The molecular weight excluding hydrogens is 355 g/mol. The van der Waals surface area contributed by atoms with Crippen molar-refractivity contribution in [1.82, 2.24) is 15.1 Å². The van der Waals surface area contributed by atoms with Gasteiger partial charge in [-0.15, -0.1) is 0 Å². The van der Waals surface area contributed by atoms with Crippen molar-refractivity contribution in [2.24, 2.45) is 0 Å². The molecule has 0 bridgehead atoms. The van der Waals surface area contributed by atoms with Crippen LogP contribution in [0.2, 0.25) is 0 Å². The number of nitrogens with one attached hydrogen (secondary N) is 2. The second-order valence-electron chi connectivity index (χ2n) is 6.92. The highest BCUT2D eigenvalue weighted by atomic mass is 19.1. The van der Waals surface area contributed by atoms with Crippen LogP contribution in [0.1, 0.15) is 34.6 Å². The van der Waals surface area contributed by atoms with E-state index in [1.807, 2.05) is 30.3 Å². The van der Waals surface area contributed by atoms with Crippen LogP contribution in [0.4, 0.5) is 10.1 Å². The molecule has 0 atom stereocenters. The zero-order chi connectivity index (χ0) is 19.3. The molecule has 0 aliphatic heterocycles. The van der Waals surface area contributed by atoms with Gasteiger partial charge in [-0.3, -0.25) is 4.79 Å². The summed E-state index contributed by atoms with van der Waals surface area (Å²) in [5.74, 6) is -0.423. The Morgan fingerprint density at radius 2 is 1.82 bits per heavy atom. The normalized spacial score (nSPS) is 12.6. The molecule has 0 fully saturated rings. The molecule has 1 aliphatic carbocycles. The van der Waals surface area contributed by atoms with Crippen molar-refractivity contribution in [3.63, 3.8) is 0 Å². The summed E-state index contributed by atoms with van der Waals surface area (Å²) in [5.41, 5.74) is 4.43. The Balaban J connectivity index is 1.38. The fourth-order valence-electron chi connectivity index (χ4n) is 3.58. The number of halogens is 1. The summed E-state index contributed by atoms with van der Waals surface area (Å²) >= 11 is 0. The number of hydrogen-bond acceptors (Lipinski definition) is 3. The Labute approximate surface area is 163 Å². The molecule has 0 unspecified atom stereocenters. The molecule has 0 radical (unpaired) electrons. The molecule has 5 nitrogen and oxygen atoms in total. The van der Waals surface area contributed by atoms with Crippen molar-refractivity contribution in [2.75, 3.05) is 18.4 Å². The number of fused-ring (bicyclic) bond motifs is 1. The number of carbonyl (C=O) groups is 1. The second kappa shape index (κ2) is 8.25. The van der Waals surface area contributed by atoms with E-state index in [4.69, 9.17) is 0 Å². The molecule has 2 N–H and O–H groups in total. The fourth-order valence-corrected chi connectivity index (χ4v) is 3.58. The van der Waals surface area contributed by atoms with E-state index in [-0.39, 0.29) is 11.7 Å². The predicted molar refractivity (Wildman–Crippen MR) is 107 cm³/mol. The van der Waals surface area contributed by atoms with E-state index in [1.165, 1.54) is 12.1 Å². The molecule has 144 valence electrons. The van der Waals surface area contributed by atoms with Crippen molar-refractivity contribution in [3.8, 4) is 5.69 Å². The van der Waals surface area contributed by atoms with Gasteiger partial charge in [0, 0.05) is 30.0 Å². The number of hydrogen-bond donors (Lipinski definition) is 2. The van der Waals surface area contributed by atoms with Crippen LogP contribution in [0, 0.1) is 5.82 Å². The minimum absolute atomic E-state index is 0.140. The zero-order valence-electron chi connectivity index (χ0n) is 15.6. The number of rotatable bonds is 7. The lowest BCUT2D eigenvalue weighted by molar-refractivity contribution is 0.0947. The highest BCUT2D eigenvalue weighted by molar-refractivity contribution is 5.94. The van der Waals surface area contributed by atoms with Crippen LogP contribution < -0.4 is 10.6 Å². The molecule has 28 heavy (non-hydrogen) atoms. The summed E-state index contributed by atoms with van der Waals surface area (Å²) in [6.45, 7) is 1.36. The summed E-state index contributed by atoms with van der Waals surface area (Å²) < 4.78 is 15.0. The molecule has 0 spiro atoms. The zero-order valence-corrected chi connectivity index (χ0v) is 15.6. The van der Waals surface area contributed by atoms with Crippen LogP contribution in [-0.2, 0) is 12.8 Å². The SMILES string of the molecule is O=C(NCCCNc1ccccc1)c1nn(-c2ccc(F)cc2)c2c1CCC2. The van der Waals surface area contributed by atoms with Crippen LogP contribution in [0.25, 0.3) is 5.69 Å². The van der Waals surface area contributed by atoms with E-state index < -0.39 is 0 Å². The van der Waals surface area contributed by atoms with Gasteiger partial charge in [-0.05, 0) is 62.1 Å². The van der Waals surface area contributed by atoms with E-state index >= 15 is 0 Å². The maximum Gasteiger partial charge on any atom is 0.272 e. The van der Waals surface area contributed by atoms with Gasteiger partial charge in [0.05, 0.1) is 5.69 Å². The first-order chi connectivity index (χ1) is 13.7. The van der Waals surface area contributed by atoms with E-state index in [9.17, 15) is 9.18 Å². The summed E-state index contributed by atoms with van der Waals surface area (Å²) in [4.78, 5) is 12.7. The van der Waals surface area contributed by atoms with Gasteiger partial charge in [-0.2, -0.15) is 5.10 Å². The van der Waals surface area contributed by atoms with Gasteiger partial charge in [-0.1, -0.05) is 18.2 Å². The number of anilines is 1. The van der Waals surface area contributed by atoms with Crippen molar-refractivity contribution in [2.45, 2.75) is 25.7 Å². The molecule has 3 aromatic rings. The standard InChI is InChI=1S/C22H23FN4O/c23-16-10-12-18(13-11-16)27-20-9-4-8-19(20)21(26-27)22(28)25-15-5-14-24-17-6-2-1-3-7-17/h1-3,6-7,10-13,24H,4-5,8-9,14-15H2,(H,25,28). The van der Waals surface area contributed by atoms with Crippen LogP contribution in [-0.4, -0.2) is 28.8 Å². The fraction of sp³-hybridized carbons (Fsp3) is 0.273. The number of carbonyl (C=O) groups excluding carboxylic acids is 1. The highest BCUT2D eigenvalue weighted by Gasteiger charge is 2.26. The molecular formula is C22H23FN4O. The average Bonchev–Trinajstić information content (AvgIpc) is 3.32. The lowest BCUT2D eigenvalue weighted by Crippen LogP contribution is -2.27. The smallest absolute Gasteiger partial charge is 0.272 e. The molecule has 0 saturated carbocycles. The maximum atomic E-state index is 13.2. The largest absolute Gasteiger partial charge is 0.385 e. The Morgan fingerprint density at radius 3 is 2.61 bits per heavy atom. The molecule has 1 aromatic heterocycles. The molecule has 6 heteroatoms. The summed E-state index contributed by atoms with van der Waals surface area (Å²) in [6.07, 6.45) is 3.57. The molecule has 0 saturated heterocycles. The Hall–Kier alpha value is -3.15. The number of nitrogens with zero attached hydrogens (tertiary/aromatic N) is 2. The average molecular weight is 378 g/mol. The lowest BCUT2D eigenvalue weighted by atomic mass is 10.2. The molecule has 4 rings (SSSR count). The second-order valence-corrected chi connectivity index (χ2v) is 6.92. The minimum Gasteiger partial charge on any atom is -0.385 e.